The standard InChI is InChI=1S/C11H8N4S/c1-2-4-9(5-3-1)15-11(12-8-13-15)10-6-7-16-14-10/h1-8H. The number of aromatic nitrogens is 4. The first-order chi connectivity index (χ1) is 7.95. The van der Waals surface area contributed by atoms with Crippen molar-refractivity contribution in [2.45, 2.75) is 0 Å². The Hall–Kier alpha value is -2.01. The fraction of sp³-hybridized carbons (Fsp3) is 0. The minimum Gasteiger partial charge on any atom is -0.213 e. The van der Waals surface area contributed by atoms with Gasteiger partial charge < -0.3 is 0 Å². The van der Waals surface area contributed by atoms with Crippen LogP contribution in [0.1, 0.15) is 0 Å². The number of rotatable bonds is 2. The van der Waals surface area contributed by atoms with E-state index in [1.807, 2.05) is 41.8 Å². The molecule has 3 aromatic rings. The van der Waals surface area contributed by atoms with Gasteiger partial charge in [-0.25, -0.2) is 9.67 Å². The molecule has 0 radical (unpaired) electrons. The van der Waals surface area contributed by atoms with Crippen LogP contribution in [-0.2, 0) is 0 Å². The highest BCUT2D eigenvalue weighted by molar-refractivity contribution is 7.03. The molecule has 0 unspecified atom stereocenters. The fourth-order valence-corrected chi connectivity index (χ4v) is 2.01. The molecule has 3 rings (SSSR count). The lowest BCUT2D eigenvalue weighted by Gasteiger charge is -2.02. The maximum atomic E-state index is 4.26. The number of nitrogens with zero attached hydrogens (tertiary/aromatic N) is 4. The average molecular weight is 228 g/mol. The van der Waals surface area contributed by atoms with Crippen LogP contribution in [0.4, 0.5) is 0 Å². The number of hydrogen-bond donors (Lipinski definition) is 0. The summed E-state index contributed by atoms with van der Waals surface area (Å²) in [5.41, 5.74) is 1.84. The van der Waals surface area contributed by atoms with Gasteiger partial charge in [-0.15, -0.1) is 0 Å². The van der Waals surface area contributed by atoms with Crippen LogP contribution in [0.15, 0.2) is 48.1 Å². The largest absolute Gasteiger partial charge is 0.213 e. The SMILES string of the molecule is c1ccc(-n2ncnc2-c2ccsn2)cc1. The molecule has 0 aliphatic carbocycles. The lowest BCUT2D eigenvalue weighted by molar-refractivity contribution is 0.885. The molecule has 4 nitrogen and oxygen atoms in total. The van der Waals surface area contributed by atoms with Crippen molar-refractivity contribution in [1.82, 2.24) is 19.1 Å². The van der Waals surface area contributed by atoms with Gasteiger partial charge in [0.25, 0.3) is 0 Å². The van der Waals surface area contributed by atoms with Crippen molar-refractivity contribution in [2.75, 3.05) is 0 Å². The molecule has 0 fully saturated rings. The van der Waals surface area contributed by atoms with E-state index < -0.39 is 0 Å². The lowest BCUT2D eigenvalue weighted by Crippen LogP contribution is -1.98. The van der Waals surface area contributed by atoms with Gasteiger partial charge in [-0.3, -0.25) is 0 Å². The van der Waals surface area contributed by atoms with Crippen LogP contribution in [0, 0.1) is 0 Å². The summed E-state index contributed by atoms with van der Waals surface area (Å²) in [6.07, 6.45) is 1.54. The van der Waals surface area contributed by atoms with Gasteiger partial charge in [-0.2, -0.15) is 9.47 Å². The predicted molar refractivity (Wildman–Crippen MR) is 62.5 cm³/mol. The molecule has 0 amide bonds. The Morgan fingerprint density at radius 3 is 2.69 bits per heavy atom. The molecule has 0 spiro atoms. The van der Waals surface area contributed by atoms with E-state index in [1.54, 1.807) is 11.0 Å². The molecular formula is C11H8N4S. The van der Waals surface area contributed by atoms with Crippen LogP contribution in [0.5, 0.6) is 0 Å². The summed E-state index contributed by atoms with van der Waals surface area (Å²) in [6.45, 7) is 0. The maximum absolute atomic E-state index is 4.26. The van der Waals surface area contributed by atoms with Crippen LogP contribution in [-0.4, -0.2) is 19.1 Å². The molecule has 0 aliphatic rings. The lowest BCUT2D eigenvalue weighted by atomic mass is 10.3. The van der Waals surface area contributed by atoms with Gasteiger partial charge in [0.2, 0.25) is 0 Å². The zero-order chi connectivity index (χ0) is 10.8. The van der Waals surface area contributed by atoms with E-state index in [4.69, 9.17) is 0 Å². The van der Waals surface area contributed by atoms with Gasteiger partial charge in [0, 0.05) is 5.38 Å². The van der Waals surface area contributed by atoms with Crippen molar-refractivity contribution < 1.29 is 0 Å². The van der Waals surface area contributed by atoms with Gasteiger partial charge in [-0.05, 0) is 29.7 Å². The van der Waals surface area contributed by atoms with Crippen molar-refractivity contribution in [1.29, 1.82) is 0 Å². The smallest absolute Gasteiger partial charge is 0.182 e. The van der Waals surface area contributed by atoms with Crippen LogP contribution < -0.4 is 0 Å². The number of hydrogen-bond acceptors (Lipinski definition) is 4. The average Bonchev–Trinajstić information content (AvgIpc) is 3.01. The zero-order valence-electron chi connectivity index (χ0n) is 8.32. The molecule has 16 heavy (non-hydrogen) atoms. The quantitative estimate of drug-likeness (QED) is 0.676. The van der Waals surface area contributed by atoms with Gasteiger partial charge in [0.1, 0.15) is 12.0 Å². The van der Waals surface area contributed by atoms with Crippen molar-refractivity contribution in [3.8, 4) is 17.2 Å². The Kier molecular flexibility index (Phi) is 2.23. The van der Waals surface area contributed by atoms with E-state index in [1.165, 1.54) is 11.5 Å². The van der Waals surface area contributed by atoms with E-state index in [9.17, 15) is 0 Å². The minimum atomic E-state index is 0.771. The summed E-state index contributed by atoms with van der Waals surface area (Å²) in [6, 6.07) is 11.8. The normalized spacial score (nSPS) is 10.5. The van der Waals surface area contributed by atoms with Crippen LogP contribution >= 0.6 is 11.5 Å². The molecule has 78 valence electrons. The third-order valence-corrected chi connectivity index (χ3v) is 2.78. The second-order valence-electron chi connectivity index (χ2n) is 3.22. The number of benzene rings is 1. The van der Waals surface area contributed by atoms with Crippen LogP contribution in [0.2, 0.25) is 0 Å². The first kappa shape index (κ1) is 9.23. The Labute approximate surface area is 96.4 Å². The molecule has 1 aromatic carbocycles. The number of para-hydroxylation sites is 1. The molecule has 2 heterocycles. The minimum absolute atomic E-state index is 0.771. The topological polar surface area (TPSA) is 43.6 Å². The predicted octanol–water partition coefficient (Wildman–Crippen LogP) is 2.39. The summed E-state index contributed by atoms with van der Waals surface area (Å²) < 4.78 is 6.05. The Balaban J connectivity index is 2.14. The van der Waals surface area contributed by atoms with Gasteiger partial charge >= 0.3 is 0 Å². The molecule has 0 aliphatic heterocycles. The van der Waals surface area contributed by atoms with Crippen LogP contribution in [0.25, 0.3) is 17.2 Å². The van der Waals surface area contributed by atoms with Crippen LogP contribution in [0.3, 0.4) is 0 Å². The molecule has 0 saturated heterocycles. The maximum Gasteiger partial charge on any atom is 0.182 e. The van der Waals surface area contributed by atoms with E-state index in [2.05, 4.69) is 14.5 Å². The monoisotopic (exact) mass is 228 g/mol. The van der Waals surface area contributed by atoms with E-state index in [0.717, 1.165) is 17.2 Å². The first-order valence-electron chi connectivity index (χ1n) is 4.81. The van der Waals surface area contributed by atoms with Gasteiger partial charge in [0.15, 0.2) is 5.82 Å². The highest BCUT2D eigenvalue weighted by Crippen LogP contribution is 2.18. The van der Waals surface area contributed by atoms with Crippen molar-refractivity contribution in [3.05, 3.63) is 48.1 Å². The fourth-order valence-electron chi connectivity index (χ4n) is 1.50. The summed E-state index contributed by atoms with van der Waals surface area (Å²) in [5, 5.41) is 6.14. The second kappa shape index (κ2) is 3.86. The Morgan fingerprint density at radius 2 is 1.94 bits per heavy atom. The second-order valence-corrected chi connectivity index (χ2v) is 3.88. The van der Waals surface area contributed by atoms with Crippen molar-refractivity contribution >= 4 is 11.5 Å². The van der Waals surface area contributed by atoms with Gasteiger partial charge in [0.05, 0.1) is 5.69 Å². The zero-order valence-corrected chi connectivity index (χ0v) is 9.13. The van der Waals surface area contributed by atoms with E-state index >= 15 is 0 Å². The summed E-state index contributed by atoms with van der Waals surface area (Å²) >= 11 is 1.41. The van der Waals surface area contributed by atoms with Crippen molar-refractivity contribution in [2.24, 2.45) is 0 Å². The third-order valence-electron chi connectivity index (χ3n) is 2.22. The molecule has 0 N–H and O–H groups in total. The Morgan fingerprint density at radius 1 is 1.06 bits per heavy atom. The van der Waals surface area contributed by atoms with Gasteiger partial charge in [-0.1, -0.05) is 18.2 Å². The molecule has 5 heteroatoms. The highest BCUT2D eigenvalue weighted by Gasteiger charge is 2.09. The Bertz CT molecular complexity index is 571. The summed E-state index contributed by atoms with van der Waals surface area (Å²) in [7, 11) is 0. The summed E-state index contributed by atoms with van der Waals surface area (Å²) in [5.74, 6) is 0.771. The van der Waals surface area contributed by atoms with Crippen molar-refractivity contribution in [3.63, 3.8) is 0 Å². The molecular weight excluding hydrogens is 220 g/mol. The molecule has 2 aromatic heterocycles. The molecule has 0 saturated carbocycles. The van der Waals surface area contributed by atoms with E-state index in [0.29, 0.717) is 0 Å². The first-order valence-corrected chi connectivity index (χ1v) is 5.65. The molecule has 0 atom stereocenters. The highest BCUT2D eigenvalue weighted by atomic mass is 32.1. The molecule has 0 bridgehead atoms. The summed E-state index contributed by atoms with van der Waals surface area (Å²) in [4.78, 5) is 4.23. The van der Waals surface area contributed by atoms with E-state index in [-0.39, 0.29) is 0 Å². The third kappa shape index (κ3) is 1.51.